The molecule has 0 fully saturated rings. The fourth-order valence-corrected chi connectivity index (χ4v) is 1.70. The molecule has 1 rings (SSSR count). The Balaban J connectivity index is 2.58. The predicted octanol–water partition coefficient (Wildman–Crippen LogP) is 0.917. The van der Waals surface area contributed by atoms with Crippen LogP contribution in [0.3, 0.4) is 0 Å². The molecule has 1 aromatic rings. The normalized spacial score (nSPS) is 13.6. The van der Waals surface area contributed by atoms with Crippen LogP contribution in [0.2, 0.25) is 0 Å². The lowest BCUT2D eigenvalue weighted by Gasteiger charge is -2.14. The lowest BCUT2D eigenvalue weighted by molar-refractivity contribution is 0.0690. The van der Waals surface area contributed by atoms with Crippen molar-refractivity contribution < 1.29 is 19.8 Å². The van der Waals surface area contributed by atoms with E-state index in [4.69, 9.17) is 5.11 Å². The third kappa shape index (κ3) is 5.05. The van der Waals surface area contributed by atoms with Gasteiger partial charge in [-0.2, -0.15) is 0 Å². The van der Waals surface area contributed by atoms with Crippen LogP contribution >= 0.6 is 0 Å². The van der Waals surface area contributed by atoms with Gasteiger partial charge in [-0.15, -0.1) is 0 Å². The van der Waals surface area contributed by atoms with Crippen LogP contribution in [0.15, 0.2) is 18.2 Å². The van der Waals surface area contributed by atoms with Gasteiger partial charge in [0.1, 0.15) is 11.4 Å². The van der Waals surface area contributed by atoms with Crippen molar-refractivity contribution in [1.29, 1.82) is 0 Å². The van der Waals surface area contributed by atoms with E-state index >= 15 is 0 Å². The number of carbonyl (C=O) groups excluding carboxylic acids is 1. The van der Waals surface area contributed by atoms with Crippen LogP contribution < -0.4 is 5.32 Å². The SMILES string of the molecule is CC(O)CC(C)CNC(=O)c1cccc(C(=O)O)n1. The standard InChI is InChI=1S/C13H18N2O4/c1-8(6-9(2)16)7-14-12(17)10-4-3-5-11(15-10)13(18)19/h3-5,8-9,16H,6-7H2,1-2H3,(H,14,17)(H,18,19). The Hall–Kier alpha value is -1.95. The molecule has 2 unspecified atom stereocenters. The third-order valence-corrected chi connectivity index (χ3v) is 2.56. The van der Waals surface area contributed by atoms with E-state index in [1.165, 1.54) is 18.2 Å². The summed E-state index contributed by atoms with van der Waals surface area (Å²) in [5.74, 6) is -1.45. The Labute approximate surface area is 111 Å². The highest BCUT2D eigenvalue weighted by Gasteiger charge is 2.13. The molecule has 19 heavy (non-hydrogen) atoms. The minimum absolute atomic E-state index is 0.0733. The van der Waals surface area contributed by atoms with E-state index in [0.29, 0.717) is 13.0 Å². The van der Waals surface area contributed by atoms with Crippen molar-refractivity contribution in [3.63, 3.8) is 0 Å². The van der Waals surface area contributed by atoms with Crippen molar-refractivity contribution in [3.8, 4) is 0 Å². The first-order chi connectivity index (χ1) is 8.90. The molecule has 0 saturated heterocycles. The third-order valence-electron chi connectivity index (χ3n) is 2.56. The number of aromatic carboxylic acids is 1. The number of carboxylic acid groups (broad SMARTS) is 1. The topological polar surface area (TPSA) is 99.5 Å². The summed E-state index contributed by atoms with van der Waals surface area (Å²) in [6.07, 6.45) is 0.170. The Bertz CT molecular complexity index is 460. The monoisotopic (exact) mass is 266 g/mol. The lowest BCUT2D eigenvalue weighted by Crippen LogP contribution is -2.30. The fraction of sp³-hybridized carbons (Fsp3) is 0.462. The summed E-state index contributed by atoms with van der Waals surface area (Å²) >= 11 is 0. The van der Waals surface area contributed by atoms with Gasteiger partial charge in [0, 0.05) is 6.54 Å². The number of aliphatic hydroxyl groups excluding tert-OH is 1. The van der Waals surface area contributed by atoms with Gasteiger partial charge >= 0.3 is 5.97 Å². The largest absolute Gasteiger partial charge is 0.477 e. The molecular formula is C13H18N2O4. The van der Waals surface area contributed by atoms with Crippen LogP contribution in [0.4, 0.5) is 0 Å². The minimum Gasteiger partial charge on any atom is -0.477 e. The smallest absolute Gasteiger partial charge is 0.354 e. The molecule has 3 N–H and O–H groups in total. The molecule has 1 amide bonds. The molecule has 0 aromatic carbocycles. The van der Waals surface area contributed by atoms with Crippen LogP contribution in [0.1, 0.15) is 41.2 Å². The average molecular weight is 266 g/mol. The molecule has 104 valence electrons. The quantitative estimate of drug-likeness (QED) is 0.711. The first-order valence-corrected chi connectivity index (χ1v) is 6.06. The Kier molecular flexibility index (Phi) is 5.44. The molecule has 2 atom stereocenters. The summed E-state index contributed by atoms with van der Waals surface area (Å²) in [4.78, 5) is 26.3. The number of amides is 1. The lowest BCUT2D eigenvalue weighted by atomic mass is 10.0. The Morgan fingerprint density at radius 3 is 2.53 bits per heavy atom. The number of hydrogen-bond donors (Lipinski definition) is 3. The van der Waals surface area contributed by atoms with Crippen molar-refractivity contribution in [3.05, 3.63) is 29.6 Å². The van der Waals surface area contributed by atoms with E-state index in [1.54, 1.807) is 6.92 Å². The number of rotatable bonds is 6. The molecule has 1 heterocycles. The first-order valence-electron chi connectivity index (χ1n) is 6.06. The molecule has 0 radical (unpaired) electrons. The number of pyridine rings is 1. The van der Waals surface area contributed by atoms with E-state index in [9.17, 15) is 14.7 Å². The maximum Gasteiger partial charge on any atom is 0.354 e. The first kappa shape index (κ1) is 15.1. The van der Waals surface area contributed by atoms with Crippen molar-refractivity contribution in [2.75, 3.05) is 6.54 Å². The summed E-state index contributed by atoms with van der Waals surface area (Å²) in [5.41, 5.74) is -0.0891. The average Bonchev–Trinajstić information content (AvgIpc) is 2.35. The van der Waals surface area contributed by atoms with Gasteiger partial charge in [0.15, 0.2) is 0 Å². The van der Waals surface area contributed by atoms with Gasteiger partial charge in [-0.3, -0.25) is 4.79 Å². The van der Waals surface area contributed by atoms with Crippen LogP contribution in [0.5, 0.6) is 0 Å². The molecular weight excluding hydrogens is 248 g/mol. The predicted molar refractivity (Wildman–Crippen MR) is 69.0 cm³/mol. The van der Waals surface area contributed by atoms with Crippen LogP contribution in [0, 0.1) is 5.92 Å². The molecule has 0 aliphatic heterocycles. The van der Waals surface area contributed by atoms with Gasteiger partial charge < -0.3 is 15.5 Å². The van der Waals surface area contributed by atoms with E-state index in [-0.39, 0.29) is 17.3 Å². The highest BCUT2D eigenvalue weighted by molar-refractivity contribution is 5.94. The molecule has 0 saturated carbocycles. The Morgan fingerprint density at radius 2 is 1.95 bits per heavy atom. The minimum atomic E-state index is -1.17. The maximum atomic E-state index is 11.8. The zero-order chi connectivity index (χ0) is 14.4. The zero-order valence-electron chi connectivity index (χ0n) is 11.0. The van der Waals surface area contributed by atoms with E-state index in [0.717, 1.165) is 0 Å². The summed E-state index contributed by atoms with van der Waals surface area (Å²) in [7, 11) is 0. The number of nitrogens with zero attached hydrogens (tertiary/aromatic N) is 1. The van der Waals surface area contributed by atoms with Crippen LogP contribution in [0.25, 0.3) is 0 Å². The molecule has 0 bridgehead atoms. The Morgan fingerprint density at radius 1 is 1.32 bits per heavy atom. The van der Waals surface area contributed by atoms with Crippen molar-refractivity contribution in [1.82, 2.24) is 10.3 Å². The van der Waals surface area contributed by atoms with Crippen LogP contribution in [-0.2, 0) is 0 Å². The molecule has 0 aliphatic rings. The second-order valence-electron chi connectivity index (χ2n) is 4.61. The van der Waals surface area contributed by atoms with E-state index < -0.39 is 18.0 Å². The van der Waals surface area contributed by atoms with Crippen molar-refractivity contribution in [2.24, 2.45) is 5.92 Å². The van der Waals surface area contributed by atoms with Gasteiger partial charge in [-0.05, 0) is 31.4 Å². The number of nitrogens with one attached hydrogen (secondary N) is 1. The van der Waals surface area contributed by atoms with Crippen molar-refractivity contribution >= 4 is 11.9 Å². The highest BCUT2D eigenvalue weighted by atomic mass is 16.4. The highest BCUT2D eigenvalue weighted by Crippen LogP contribution is 2.05. The van der Waals surface area contributed by atoms with Crippen LogP contribution in [-0.4, -0.2) is 39.7 Å². The maximum absolute atomic E-state index is 11.8. The molecule has 6 nitrogen and oxygen atoms in total. The number of aliphatic hydroxyl groups is 1. The second kappa shape index (κ2) is 6.84. The number of carboxylic acids is 1. The second-order valence-corrected chi connectivity index (χ2v) is 4.61. The van der Waals surface area contributed by atoms with Crippen molar-refractivity contribution in [2.45, 2.75) is 26.4 Å². The fourth-order valence-electron chi connectivity index (χ4n) is 1.70. The van der Waals surface area contributed by atoms with E-state index in [2.05, 4.69) is 10.3 Å². The van der Waals surface area contributed by atoms with Gasteiger partial charge in [0.25, 0.3) is 5.91 Å². The summed E-state index contributed by atoms with van der Waals surface area (Å²) < 4.78 is 0. The van der Waals surface area contributed by atoms with Gasteiger partial charge in [0.2, 0.25) is 0 Å². The molecule has 0 spiro atoms. The molecule has 6 heteroatoms. The van der Waals surface area contributed by atoms with Gasteiger partial charge in [-0.25, -0.2) is 9.78 Å². The zero-order valence-corrected chi connectivity index (χ0v) is 11.0. The van der Waals surface area contributed by atoms with Gasteiger partial charge in [0.05, 0.1) is 6.10 Å². The van der Waals surface area contributed by atoms with E-state index in [1.807, 2.05) is 6.92 Å². The summed E-state index contributed by atoms with van der Waals surface area (Å²) in [6.45, 7) is 4.01. The van der Waals surface area contributed by atoms with Gasteiger partial charge in [-0.1, -0.05) is 13.0 Å². The molecule has 0 aliphatic carbocycles. The number of hydrogen-bond acceptors (Lipinski definition) is 4. The summed E-state index contributed by atoms with van der Waals surface area (Å²) in [6, 6.07) is 4.26. The summed E-state index contributed by atoms with van der Waals surface area (Å²) in [5, 5.41) is 20.7. The molecule has 1 aromatic heterocycles. The number of carbonyl (C=O) groups is 2. The number of aromatic nitrogens is 1.